The molecule has 1 saturated heterocycles. The van der Waals surface area contributed by atoms with Crippen LogP contribution >= 0.6 is 0 Å². The van der Waals surface area contributed by atoms with Gasteiger partial charge in [0.25, 0.3) is 5.69 Å². The second kappa shape index (κ2) is 6.14. The van der Waals surface area contributed by atoms with Crippen LogP contribution in [0.4, 0.5) is 5.69 Å². The number of non-ortho nitro benzene ring substituents is 1. The van der Waals surface area contributed by atoms with Gasteiger partial charge in [0.1, 0.15) is 6.17 Å². The lowest BCUT2D eigenvalue weighted by molar-refractivity contribution is -0.384. The third-order valence-electron chi connectivity index (χ3n) is 5.29. The molecule has 0 N–H and O–H groups in total. The van der Waals surface area contributed by atoms with Gasteiger partial charge in [0.2, 0.25) is 0 Å². The number of nitro benzene ring substituents is 1. The van der Waals surface area contributed by atoms with Crippen LogP contribution in [-0.2, 0) is 0 Å². The summed E-state index contributed by atoms with van der Waals surface area (Å²) in [5.74, 6) is 0. The molecule has 0 spiro atoms. The molecule has 3 aromatic carbocycles. The molecule has 27 heavy (non-hydrogen) atoms. The normalized spacial score (nSPS) is 25.6. The molecular formula is C22H17N3O2. The fourth-order valence-corrected chi connectivity index (χ4v) is 3.99. The van der Waals surface area contributed by atoms with E-state index in [-0.39, 0.29) is 28.9 Å². The zero-order chi connectivity index (χ0) is 18.4. The van der Waals surface area contributed by atoms with Crippen molar-refractivity contribution in [2.24, 2.45) is 4.99 Å². The number of hydrogen-bond donors (Lipinski definition) is 0. The molecule has 0 saturated carbocycles. The molecule has 2 heterocycles. The van der Waals surface area contributed by atoms with E-state index in [1.807, 2.05) is 48.5 Å². The molecule has 0 aromatic heterocycles. The lowest BCUT2D eigenvalue weighted by Gasteiger charge is -2.14. The third-order valence-corrected chi connectivity index (χ3v) is 5.29. The highest BCUT2D eigenvalue weighted by Crippen LogP contribution is 2.55. The Labute approximate surface area is 156 Å². The first kappa shape index (κ1) is 15.9. The predicted molar refractivity (Wildman–Crippen MR) is 104 cm³/mol. The second-order valence-electron chi connectivity index (χ2n) is 6.85. The van der Waals surface area contributed by atoms with E-state index in [2.05, 4.69) is 29.2 Å². The second-order valence-corrected chi connectivity index (χ2v) is 6.85. The fourth-order valence-electron chi connectivity index (χ4n) is 3.99. The van der Waals surface area contributed by atoms with Crippen molar-refractivity contribution in [2.75, 3.05) is 0 Å². The molecule has 5 heteroatoms. The molecule has 0 bridgehead atoms. The van der Waals surface area contributed by atoms with Crippen LogP contribution in [0.15, 0.2) is 89.9 Å². The van der Waals surface area contributed by atoms with Crippen LogP contribution in [0, 0.1) is 10.1 Å². The average molecular weight is 355 g/mol. The Bertz CT molecular complexity index is 1020. The third kappa shape index (κ3) is 2.64. The lowest BCUT2D eigenvalue weighted by atomic mass is 10.0. The summed E-state index contributed by atoms with van der Waals surface area (Å²) in [6.07, 6.45) is -0.0217. The van der Waals surface area contributed by atoms with Gasteiger partial charge in [-0.15, -0.1) is 0 Å². The van der Waals surface area contributed by atoms with Gasteiger partial charge in [-0.25, -0.2) is 0 Å². The molecular weight excluding hydrogens is 338 g/mol. The van der Waals surface area contributed by atoms with Crippen molar-refractivity contribution >= 4 is 11.4 Å². The highest BCUT2D eigenvalue weighted by Gasteiger charge is 2.59. The topological polar surface area (TPSA) is 58.5 Å². The predicted octanol–water partition coefficient (Wildman–Crippen LogP) is 4.52. The minimum Gasteiger partial charge on any atom is -0.263 e. The molecule has 5 rings (SSSR count). The Morgan fingerprint density at radius 2 is 1.41 bits per heavy atom. The summed E-state index contributed by atoms with van der Waals surface area (Å²) in [4.78, 5) is 18.0. The van der Waals surface area contributed by atoms with E-state index < -0.39 is 0 Å². The van der Waals surface area contributed by atoms with E-state index in [0.29, 0.717) is 0 Å². The van der Waals surface area contributed by atoms with Crippen molar-refractivity contribution in [3.8, 4) is 0 Å². The lowest BCUT2D eigenvalue weighted by Crippen LogP contribution is -2.08. The summed E-state index contributed by atoms with van der Waals surface area (Å²) < 4.78 is 0. The first-order valence-corrected chi connectivity index (χ1v) is 8.94. The zero-order valence-electron chi connectivity index (χ0n) is 14.5. The van der Waals surface area contributed by atoms with Gasteiger partial charge >= 0.3 is 0 Å². The number of benzene rings is 3. The van der Waals surface area contributed by atoms with Crippen LogP contribution < -0.4 is 0 Å². The average Bonchev–Trinajstić information content (AvgIpc) is 3.33. The van der Waals surface area contributed by atoms with Crippen molar-refractivity contribution in [3.05, 3.63) is 112 Å². The van der Waals surface area contributed by atoms with E-state index in [9.17, 15) is 10.1 Å². The van der Waals surface area contributed by atoms with Gasteiger partial charge in [0, 0.05) is 12.1 Å². The Morgan fingerprint density at radius 1 is 0.778 bits per heavy atom. The number of hydrogen-bond acceptors (Lipinski definition) is 4. The largest absolute Gasteiger partial charge is 0.269 e. The minimum absolute atomic E-state index is 0.0217. The summed E-state index contributed by atoms with van der Waals surface area (Å²) in [6, 6.07) is 27.8. The summed E-state index contributed by atoms with van der Waals surface area (Å²) in [6.45, 7) is 0. The van der Waals surface area contributed by atoms with Gasteiger partial charge in [0.05, 0.1) is 22.7 Å². The number of fused-ring (bicyclic) bond motifs is 1. The van der Waals surface area contributed by atoms with Gasteiger partial charge in [-0.3, -0.25) is 20.0 Å². The highest BCUT2D eigenvalue weighted by molar-refractivity contribution is 6.08. The maximum absolute atomic E-state index is 10.9. The Kier molecular flexibility index (Phi) is 3.62. The first-order chi connectivity index (χ1) is 13.2. The molecule has 1 fully saturated rings. The molecule has 0 radical (unpaired) electrons. The molecule has 4 atom stereocenters. The van der Waals surface area contributed by atoms with Crippen molar-refractivity contribution in [1.29, 1.82) is 0 Å². The molecule has 5 nitrogen and oxygen atoms in total. The quantitative estimate of drug-likeness (QED) is 0.393. The first-order valence-electron chi connectivity index (χ1n) is 8.94. The van der Waals surface area contributed by atoms with Crippen LogP contribution in [-0.4, -0.2) is 21.6 Å². The Hall–Kier alpha value is -3.31. The van der Waals surface area contributed by atoms with Crippen LogP contribution in [0.25, 0.3) is 0 Å². The van der Waals surface area contributed by atoms with Gasteiger partial charge in [-0.05, 0) is 16.7 Å². The number of rotatable bonds is 4. The summed E-state index contributed by atoms with van der Waals surface area (Å²) in [7, 11) is 0. The van der Waals surface area contributed by atoms with Crippen LogP contribution in [0.3, 0.4) is 0 Å². The zero-order valence-corrected chi connectivity index (χ0v) is 14.5. The number of aliphatic imine (C=N–C) groups is 1. The van der Waals surface area contributed by atoms with Crippen molar-refractivity contribution in [3.63, 3.8) is 0 Å². The van der Waals surface area contributed by atoms with E-state index in [1.54, 1.807) is 12.1 Å². The van der Waals surface area contributed by atoms with Gasteiger partial charge < -0.3 is 0 Å². The molecule has 3 aromatic rings. The van der Waals surface area contributed by atoms with Crippen molar-refractivity contribution < 1.29 is 4.92 Å². The molecule has 132 valence electrons. The monoisotopic (exact) mass is 355 g/mol. The van der Waals surface area contributed by atoms with E-state index in [4.69, 9.17) is 4.99 Å². The van der Waals surface area contributed by atoms with E-state index in [0.717, 1.165) is 22.4 Å². The molecule has 2 aliphatic heterocycles. The Balaban J connectivity index is 1.53. The minimum atomic E-state index is -0.360. The molecule has 0 amide bonds. The fraction of sp³-hybridized carbons (Fsp3) is 0.136. The van der Waals surface area contributed by atoms with Crippen molar-refractivity contribution in [1.82, 2.24) is 4.90 Å². The van der Waals surface area contributed by atoms with Crippen LogP contribution in [0.2, 0.25) is 0 Å². The maximum atomic E-state index is 10.9. The SMILES string of the molecule is O=[N+]([O-])c1ccc(C2C3C(c4ccccc4)=NC(c4ccccc4)N32)cc1. The molecule has 2 aliphatic rings. The van der Waals surface area contributed by atoms with Gasteiger partial charge in [-0.2, -0.15) is 0 Å². The van der Waals surface area contributed by atoms with Crippen molar-refractivity contribution in [2.45, 2.75) is 18.2 Å². The number of nitro groups is 1. The number of nitrogens with zero attached hydrogens (tertiary/aromatic N) is 3. The van der Waals surface area contributed by atoms with E-state index >= 15 is 0 Å². The molecule has 4 unspecified atom stereocenters. The maximum Gasteiger partial charge on any atom is 0.269 e. The summed E-state index contributed by atoms with van der Waals surface area (Å²) >= 11 is 0. The van der Waals surface area contributed by atoms with Crippen LogP contribution in [0.1, 0.15) is 28.9 Å². The standard InChI is InChI=1S/C22H17N3O2/c26-25(27)18-13-11-16(12-14-18)20-21-19(15-7-3-1-4-8-15)23-22(24(20)21)17-9-5-2-6-10-17/h1-14,20-22H. The highest BCUT2D eigenvalue weighted by atomic mass is 16.6. The van der Waals surface area contributed by atoms with Crippen LogP contribution in [0.5, 0.6) is 0 Å². The van der Waals surface area contributed by atoms with E-state index in [1.165, 1.54) is 0 Å². The van der Waals surface area contributed by atoms with Gasteiger partial charge in [0.15, 0.2) is 0 Å². The Morgan fingerprint density at radius 3 is 2.04 bits per heavy atom. The summed E-state index contributed by atoms with van der Waals surface area (Å²) in [5, 5.41) is 10.9. The van der Waals surface area contributed by atoms with Gasteiger partial charge in [-0.1, -0.05) is 72.8 Å². The molecule has 0 aliphatic carbocycles. The summed E-state index contributed by atoms with van der Waals surface area (Å²) in [5.41, 5.74) is 4.60. The smallest absolute Gasteiger partial charge is 0.263 e.